The van der Waals surface area contributed by atoms with Gasteiger partial charge in [0.2, 0.25) is 0 Å². The molecule has 2 N–H and O–H groups in total. The molecule has 3 rings (SSSR count). The summed E-state index contributed by atoms with van der Waals surface area (Å²) >= 11 is 0. The number of benzene rings is 2. The highest BCUT2D eigenvalue weighted by Gasteiger charge is 2.21. The molecule has 30 heavy (non-hydrogen) atoms. The Kier molecular flexibility index (Phi) is 6.41. The second-order valence-corrected chi connectivity index (χ2v) is 6.79. The summed E-state index contributed by atoms with van der Waals surface area (Å²) in [7, 11) is 1.48. The first-order chi connectivity index (χ1) is 14.4. The minimum atomic E-state index is -1.03. The Morgan fingerprint density at radius 1 is 1.17 bits per heavy atom. The van der Waals surface area contributed by atoms with Crippen LogP contribution in [0.2, 0.25) is 0 Å². The number of nitrogens with zero attached hydrogens (tertiary/aromatic N) is 1. The molecule has 7 heteroatoms. The van der Waals surface area contributed by atoms with Crippen molar-refractivity contribution < 1.29 is 23.8 Å². The maximum absolute atomic E-state index is 14.3. The summed E-state index contributed by atoms with van der Waals surface area (Å²) in [5.41, 5.74) is 2.44. The lowest BCUT2D eigenvalue weighted by atomic mass is 9.98. The number of nitrogens with one attached hydrogen (secondary N) is 1. The second kappa shape index (κ2) is 9.17. The zero-order valence-electron chi connectivity index (χ0n) is 16.6. The zero-order valence-corrected chi connectivity index (χ0v) is 16.6. The summed E-state index contributed by atoms with van der Waals surface area (Å²) in [6.45, 7) is 1.85. The molecule has 0 aliphatic heterocycles. The molecule has 0 radical (unpaired) electrons. The van der Waals surface area contributed by atoms with E-state index in [0.717, 1.165) is 11.1 Å². The third-order valence-electron chi connectivity index (χ3n) is 4.73. The Balaban J connectivity index is 1.90. The number of hydrogen-bond donors (Lipinski definition) is 2. The highest BCUT2D eigenvalue weighted by Crippen LogP contribution is 2.27. The fourth-order valence-corrected chi connectivity index (χ4v) is 3.20. The van der Waals surface area contributed by atoms with E-state index >= 15 is 0 Å². The normalized spacial score (nSPS) is 11.6. The van der Waals surface area contributed by atoms with Gasteiger partial charge in [-0.05, 0) is 42.3 Å². The van der Waals surface area contributed by atoms with Gasteiger partial charge in [-0.25, -0.2) is 4.39 Å². The van der Waals surface area contributed by atoms with Gasteiger partial charge in [0, 0.05) is 23.5 Å². The Morgan fingerprint density at radius 3 is 2.63 bits per heavy atom. The van der Waals surface area contributed by atoms with Gasteiger partial charge in [0.15, 0.2) is 0 Å². The topological polar surface area (TPSA) is 88.5 Å². The maximum atomic E-state index is 14.3. The average Bonchev–Trinajstić information content (AvgIpc) is 2.73. The molecule has 0 saturated carbocycles. The SMILES string of the molecule is COc1ccc(F)c(-c2cncc(C(=O)N[C@@H](CC(=O)O)c3ccccc3C)c2)c1. The summed E-state index contributed by atoms with van der Waals surface area (Å²) < 4.78 is 19.4. The van der Waals surface area contributed by atoms with Gasteiger partial charge in [0.1, 0.15) is 11.6 Å². The molecule has 3 aromatic rings. The number of carbonyl (C=O) groups is 2. The van der Waals surface area contributed by atoms with Crippen LogP contribution in [0.15, 0.2) is 60.9 Å². The van der Waals surface area contributed by atoms with Gasteiger partial charge < -0.3 is 15.2 Å². The van der Waals surface area contributed by atoms with Gasteiger partial charge in [-0.3, -0.25) is 14.6 Å². The number of ether oxygens (including phenoxy) is 1. The molecule has 0 bridgehead atoms. The van der Waals surface area contributed by atoms with Crippen LogP contribution in [-0.2, 0) is 4.79 Å². The fourth-order valence-electron chi connectivity index (χ4n) is 3.20. The molecule has 1 amide bonds. The van der Waals surface area contributed by atoms with Gasteiger partial charge in [0.25, 0.3) is 5.91 Å². The molecule has 0 spiro atoms. The van der Waals surface area contributed by atoms with Crippen molar-refractivity contribution in [2.45, 2.75) is 19.4 Å². The second-order valence-electron chi connectivity index (χ2n) is 6.79. The third-order valence-corrected chi connectivity index (χ3v) is 4.73. The Morgan fingerprint density at radius 2 is 1.93 bits per heavy atom. The number of aliphatic carboxylic acids is 1. The number of pyridine rings is 1. The van der Waals surface area contributed by atoms with Crippen molar-refractivity contribution in [3.8, 4) is 16.9 Å². The van der Waals surface area contributed by atoms with Crippen LogP contribution in [0.5, 0.6) is 5.75 Å². The van der Waals surface area contributed by atoms with Gasteiger partial charge in [-0.1, -0.05) is 24.3 Å². The lowest BCUT2D eigenvalue weighted by Crippen LogP contribution is -2.30. The monoisotopic (exact) mass is 408 g/mol. The highest BCUT2D eigenvalue weighted by atomic mass is 19.1. The Bertz CT molecular complexity index is 1080. The Hall–Kier alpha value is -3.74. The van der Waals surface area contributed by atoms with Crippen molar-refractivity contribution in [2.75, 3.05) is 7.11 Å². The van der Waals surface area contributed by atoms with Crippen molar-refractivity contribution >= 4 is 11.9 Å². The van der Waals surface area contributed by atoms with Crippen molar-refractivity contribution in [1.29, 1.82) is 0 Å². The standard InChI is InChI=1S/C23H21FN2O4/c1-14-5-3-4-6-18(14)21(11-22(27)28)26-23(29)16-9-15(12-25-13-16)19-10-17(30-2)7-8-20(19)24/h3-10,12-13,21H,11H2,1-2H3,(H,26,29)(H,27,28)/t21-/m0/s1. The molecule has 0 aliphatic rings. The molecule has 154 valence electrons. The zero-order chi connectivity index (χ0) is 21.7. The van der Waals surface area contributed by atoms with E-state index in [4.69, 9.17) is 4.74 Å². The summed E-state index contributed by atoms with van der Waals surface area (Å²) in [4.78, 5) is 28.2. The first kappa shape index (κ1) is 21.0. The lowest BCUT2D eigenvalue weighted by Gasteiger charge is -2.19. The minimum absolute atomic E-state index is 0.193. The summed E-state index contributed by atoms with van der Waals surface area (Å²) in [5.74, 6) is -1.53. The van der Waals surface area contributed by atoms with Crippen LogP contribution < -0.4 is 10.1 Å². The van der Waals surface area contributed by atoms with Crippen molar-refractivity contribution in [3.05, 3.63) is 83.4 Å². The van der Waals surface area contributed by atoms with Crippen LogP contribution in [0.25, 0.3) is 11.1 Å². The average molecular weight is 408 g/mol. The number of hydrogen-bond acceptors (Lipinski definition) is 4. The van der Waals surface area contributed by atoms with Crippen LogP contribution in [0.3, 0.4) is 0 Å². The number of carbonyl (C=O) groups excluding carboxylic acids is 1. The highest BCUT2D eigenvalue weighted by molar-refractivity contribution is 5.95. The van der Waals surface area contributed by atoms with E-state index in [1.165, 1.54) is 43.8 Å². The van der Waals surface area contributed by atoms with E-state index in [0.29, 0.717) is 11.3 Å². The number of carboxylic acids is 1. The number of carboxylic acid groups (broad SMARTS) is 1. The van der Waals surface area contributed by atoms with Gasteiger partial charge in [0.05, 0.1) is 25.1 Å². The fraction of sp³-hybridized carbons (Fsp3) is 0.174. The molecule has 0 fully saturated rings. The summed E-state index contributed by atoms with van der Waals surface area (Å²) in [5, 5.41) is 12.0. The third kappa shape index (κ3) is 4.81. The van der Waals surface area contributed by atoms with Crippen molar-refractivity contribution in [1.82, 2.24) is 10.3 Å². The predicted octanol–water partition coefficient (Wildman–Crippen LogP) is 4.15. The summed E-state index contributed by atoms with van der Waals surface area (Å²) in [6, 6.07) is 12.4. The largest absolute Gasteiger partial charge is 0.497 e. The molecule has 1 aromatic heterocycles. The quantitative estimate of drug-likeness (QED) is 0.613. The Labute approximate surface area is 173 Å². The number of rotatable bonds is 7. The van der Waals surface area contributed by atoms with Crippen LogP contribution in [0.4, 0.5) is 4.39 Å². The molecule has 6 nitrogen and oxygen atoms in total. The molecule has 1 heterocycles. The minimum Gasteiger partial charge on any atom is -0.497 e. The van der Waals surface area contributed by atoms with Crippen molar-refractivity contribution in [2.24, 2.45) is 0 Å². The van der Waals surface area contributed by atoms with E-state index < -0.39 is 23.7 Å². The maximum Gasteiger partial charge on any atom is 0.305 e. The van der Waals surface area contributed by atoms with Crippen LogP contribution in [0.1, 0.15) is 33.9 Å². The van der Waals surface area contributed by atoms with Crippen LogP contribution in [-0.4, -0.2) is 29.1 Å². The molecular formula is C23H21FN2O4. The number of amides is 1. The van der Waals surface area contributed by atoms with Gasteiger partial charge >= 0.3 is 5.97 Å². The number of halogens is 1. The lowest BCUT2D eigenvalue weighted by molar-refractivity contribution is -0.137. The molecule has 0 saturated heterocycles. The first-order valence-electron chi connectivity index (χ1n) is 9.26. The molecular weight excluding hydrogens is 387 g/mol. The molecule has 0 aliphatic carbocycles. The van der Waals surface area contributed by atoms with Gasteiger partial charge in [-0.15, -0.1) is 0 Å². The van der Waals surface area contributed by atoms with E-state index in [-0.39, 0.29) is 17.5 Å². The van der Waals surface area contributed by atoms with Crippen molar-refractivity contribution in [3.63, 3.8) is 0 Å². The predicted molar refractivity (Wildman–Crippen MR) is 110 cm³/mol. The first-order valence-corrected chi connectivity index (χ1v) is 9.26. The summed E-state index contributed by atoms with van der Waals surface area (Å²) in [6.07, 6.45) is 2.53. The number of methoxy groups -OCH3 is 1. The molecule has 1 atom stereocenters. The van der Waals surface area contributed by atoms with E-state index in [9.17, 15) is 19.1 Å². The van der Waals surface area contributed by atoms with Gasteiger partial charge in [-0.2, -0.15) is 0 Å². The number of aryl methyl sites for hydroxylation is 1. The van der Waals surface area contributed by atoms with Crippen LogP contribution in [0, 0.1) is 12.7 Å². The van der Waals surface area contributed by atoms with E-state index in [1.807, 2.05) is 19.1 Å². The van der Waals surface area contributed by atoms with E-state index in [1.54, 1.807) is 12.1 Å². The smallest absolute Gasteiger partial charge is 0.305 e. The van der Waals surface area contributed by atoms with E-state index in [2.05, 4.69) is 10.3 Å². The molecule has 2 aromatic carbocycles. The van der Waals surface area contributed by atoms with Crippen LogP contribution >= 0.6 is 0 Å². The number of aromatic nitrogens is 1. The molecule has 0 unspecified atom stereocenters.